The van der Waals surface area contributed by atoms with Gasteiger partial charge >= 0.3 is 0 Å². The smallest absolute Gasteiger partial charge is 0.167 e. The average Bonchev–Trinajstić information content (AvgIpc) is 3.02. The van der Waals surface area contributed by atoms with Crippen LogP contribution in [0.2, 0.25) is 0 Å². The van der Waals surface area contributed by atoms with Gasteiger partial charge in [0, 0.05) is 16.5 Å². The van der Waals surface area contributed by atoms with Crippen molar-refractivity contribution < 1.29 is 5.11 Å². The van der Waals surface area contributed by atoms with Crippen LogP contribution in [-0.2, 0) is 5.41 Å². The van der Waals surface area contributed by atoms with Gasteiger partial charge in [-0.1, -0.05) is 128 Å². The highest BCUT2D eigenvalue weighted by Crippen LogP contribution is 2.35. The summed E-state index contributed by atoms with van der Waals surface area (Å²) in [5.41, 5.74) is 7.51. The maximum absolute atomic E-state index is 10.9. The number of nitrogens with zero attached hydrogens (tertiary/aromatic N) is 3. The molecule has 0 radical (unpaired) electrons. The zero-order chi connectivity index (χ0) is 28.4. The number of phenolic OH excluding ortho intramolecular Hbond substituents is 1. The first kappa shape index (κ1) is 26.1. The molecule has 0 bridgehead atoms. The van der Waals surface area contributed by atoms with Crippen LogP contribution in [0.5, 0.6) is 5.75 Å². The van der Waals surface area contributed by atoms with Crippen LogP contribution in [0.3, 0.4) is 0 Å². The summed E-state index contributed by atoms with van der Waals surface area (Å²) in [7, 11) is 0. The van der Waals surface area contributed by atoms with Gasteiger partial charge in [-0.3, -0.25) is 0 Å². The summed E-state index contributed by atoms with van der Waals surface area (Å²) in [4.78, 5) is 14.5. The fourth-order valence-electron chi connectivity index (χ4n) is 5.12. The lowest BCUT2D eigenvalue weighted by Crippen LogP contribution is -2.19. The normalized spacial score (nSPS) is 16.0. The SMILES string of the molecule is C=C(C)c1ccc(-c2nc(-c3ccc(-c4ccccc4)cc3)nc(-c3ccc(C4(C)C=CC=CC4)cc3)n2)c(O)c1. The van der Waals surface area contributed by atoms with Crippen LogP contribution >= 0.6 is 0 Å². The van der Waals surface area contributed by atoms with E-state index in [9.17, 15) is 5.11 Å². The van der Waals surface area contributed by atoms with E-state index in [4.69, 9.17) is 15.0 Å². The highest BCUT2D eigenvalue weighted by atomic mass is 16.3. The second-order valence-corrected chi connectivity index (χ2v) is 10.7. The molecular weight excluding hydrogens is 502 g/mol. The Balaban J connectivity index is 1.43. The third-order valence-corrected chi connectivity index (χ3v) is 7.67. The van der Waals surface area contributed by atoms with Crippen molar-refractivity contribution in [1.82, 2.24) is 15.0 Å². The van der Waals surface area contributed by atoms with Crippen molar-refractivity contribution in [3.63, 3.8) is 0 Å². The second-order valence-electron chi connectivity index (χ2n) is 10.7. The number of phenols is 1. The van der Waals surface area contributed by atoms with Gasteiger partial charge in [0.2, 0.25) is 0 Å². The van der Waals surface area contributed by atoms with E-state index >= 15 is 0 Å². The Labute approximate surface area is 241 Å². The number of rotatable bonds is 6. The molecule has 0 saturated heterocycles. The van der Waals surface area contributed by atoms with E-state index in [2.05, 4.69) is 86.3 Å². The Hall–Kier alpha value is -5.09. The van der Waals surface area contributed by atoms with Gasteiger partial charge in [0.25, 0.3) is 0 Å². The van der Waals surface area contributed by atoms with Crippen molar-refractivity contribution in [2.75, 3.05) is 0 Å². The van der Waals surface area contributed by atoms with Gasteiger partial charge in [-0.2, -0.15) is 0 Å². The molecule has 0 saturated carbocycles. The average molecular weight is 534 g/mol. The van der Waals surface area contributed by atoms with Crippen LogP contribution in [0.4, 0.5) is 0 Å². The van der Waals surface area contributed by atoms with E-state index in [1.54, 1.807) is 6.07 Å². The van der Waals surface area contributed by atoms with Crippen LogP contribution in [0.1, 0.15) is 31.4 Å². The summed E-state index contributed by atoms with van der Waals surface area (Å²) in [6.45, 7) is 8.15. The summed E-state index contributed by atoms with van der Waals surface area (Å²) >= 11 is 0. The van der Waals surface area contributed by atoms with E-state index in [0.29, 0.717) is 23.0 Å². The quantitative estimate of drug-likeness (QED) is 0.236. The molecule has 1 unspecified atom stereocenters. The Morgan fingerprint density at radius 1 is 0.707 bits per heavy atom. The topological polar surface area (TPSA) is 58.9 Å². The Bertz CT molecular complexity index is 1790. The maximum Gasteiger partial charge on any atom is 0.167 e. The van der Waals surface area contributed by atoms with Crippen LogP contribution in [0, 0.1) is 0 Å². The monoisotopic (exact) mass is 533 g/mol. The van der Waals surface area contributed by atoms with E-state index in [1.165, 1.54) is 5.56 Å². The minimum atomic E-state index is -0.0416. The number of benzene rings is 4. The van der Waals surface area contributed by atoms with Gasteiger partial charge in [-0.25, -0.2) is 15.0 Å². The number of aromatic nitrogens is 3. The van der Waals surface area contributed by atoms with E-state index < -0.39 is 0 Å². The lowest BCUT2D eigenvalue weighted by Gasteiger charge is -2.27. The van der Waals surface area contributed by atoms with Gasteiger partial charge in [0.05, 0.1) is 5.56 Å². The lowest BCUT2D eigenvalue weighted by molar-refractivity contribution is 0.476. The summed E-state index contributed by atoms with van der Waals surface area (Å²) < 4.78 is 0. The van der Waals surface area contributed by atoms with Gasteiger partial charge in [0.15, 0.2) is 17.5 Å². The summed E-state index contributed by atoms with van der Waals surface area (Å²) in [5.74, 6) is 1.62. The zero-order valence-electron chi connectivity index (χ0n) is 23.3. The maximum atomic E-state index is 10.9. The first-order chi connectivity index (χ1) is 19.9. The van der Waals surface area contributed by atoms with Gasteiger partial charge in [-0.05, 0) is 47.7 Å². The van der Waals surface area contributed by atoms with Crippen molar-refractivity contribution in [3.8, 4) is 51.0 Å². The summed E-state index contributed by atoms with van der Waals surface area (Å²) in [6, 6.07) is 32.4. The molecule has 5 aromatic rings. The van der Waals surface area contributed by atoms with E-state index in [-0.39, 0.29) is 11.2 Å². The molecule has 0 spiro atoms. The Morgan fingerprint density at radius 3 is 1.88 bits per heavy atom. The Kier molecular flexibility index (Phi) is 6.90. The molecule has 0 amide bonds. The summed E-state index contributed by atoms with van der Waals surface area (Å²) in [6.07, 6.45) is 9.61. The molecule has 1 N–H and O–H groups in total. The fourth-order valence-corrected chi connectivity index (χ4v) is 5.12. The molecule has 1 heterocycles. The van der Waals surface area contributed by atoms with Crippen LogP contribution in [0.15, 0.2) is 128 Å². The highest BCUT2D eigenvalue weighted by Gasteiger charge is 2.23. The number of hydrogen-bond acceptors (Lipinski definition) is 4. The third-order valence-electron chi connectivity index (χ3n) is 7.67. The zero-order valence-corrected chi connectivity index (χ0v) is 23.3. The van der Waals surface area contributed by atoms with Crippen LogP contribution in [-0.4, -0.2) is 20.1 Å². The fraction of sp³-hybridized carbons (Fsp3) is 0.108. The second kappa shape index (κ2) is 10.8. The van der Waals surface area contributed by atoms with Crippen molar-refractivity contribution in [1.29, 1.82) is 0 Å². The van der Waals surface area contributed by atoms with Crippen LogP contribution in [0.25, 0.3) is 50.9 Å². The molecule has 4 heteroatoms. The Morgan fingerprint density at radius 2 is 1.29 bits per heavy atom. The molecule has 200 valence electrons. The molecule has 4 aromatic carbocycles. The summed E-state index contributed by atoms with van der Waals surface area (Å²) in [5, 5.41) is 10.9. The molecule has 41 heavy (non-hydrogen) atoms. The van der Waals surface area contributed by atoms with Gasteiger partial charge < -0.3 is 5.11 Å². The molecule has 1 aliphatic rings. The minimum absolute atomic E-state index is 0.0416. The van der Waals surface area contributed by atoms with Crippen molar-refractivity contribution in [2.24, 2.45) is 0 Å². The molecular formula is C37H31N3O. The van der Waals surface area contributed by atoms with E-state index in [0.717, 1.165) is 39.8 Å². The first-order valence-electron chi connectivity index (χ1n) is 13.8. The predicted molar refractivity (Wildman–Crippen MR) is 168 cm³/mol. The largest absolute Gasteiger partial charge is 0.507 e. The first-order valence-corrected chi connectivity index (χ1v) is 13.8. The molecule has 1 aliphatic carbocycles. The third kappa shape index (κ3) is 5.37. The molecule has 1 atom stereocenters. The van der Waals surface area contributed by atoms with Gasteiger partial charge in [0.1, 0.15) is 5.75 Å². The predicted octanol–water partition coefficient (Wildman–Crippen LogP) is 9.05. The standard InChI is InChI=1S/C37H31N3O/c1-25(2)30-18-21-32(33(41)24-30)36-39-34(28-14-12-27(13-15-28)26-10-6-4-7-11-26)38-35(40-36)29-16-19-31(20-17-29)37(3)22-8-5-9-23-37/h4-22,24,41H,1,23H2,2-3H3. The molecule has 4 nitrogen and oxygen atoms in total. The molecule has 6 rings (SSSR count). The van der Waals surface area contributed by atoms with E-state index in [1.807, 2.05) is 49.4 Å². The minimum Gasteiger partial charge on any atom is -0.507 e. The number of aromatic hydroxyl groups is 1. The highest BCUT2D eigenvalue weighted by molar-refractivity contribution is 5.74. The van der Waals surface area contributed by atoms with Crippen molar-refractivity contribution in [3.05, 3.63) is 139 Å². The van der Waals surface area contributed by atoms with Crippen LogP contribution < -0.4 is 0 Å². The lowest BCUT2D eigenvalue weighted by atomic mass is 9.77. The molecule has 0 aliphatic heterocycles. The van der Waals surface area contributed by atoms with Crippen molar-refractivity contribution in [2.45, 2.75) is 25.7 Å². The molecule has 1 aromatic heterocycles. The number of hydrogen-bond donors (Lipinski definition) is 1. The molecule has 0 fully saturated rings. The number of allylic oxidation sites excluding steroid dienone is 5. The van der Waals surface area contributed by atoms with Gasteiger partial charge in [-0.15, -0.1) is 0 Å². The van der Waals surface area contributed by atoms with Crippen molar-refractivity contribution >= 4 is 5.57 Å².